The molecule has 0 amide bonds. The molecule has 0 bridgehead atoms. The van der Waals surface area contributed by atoms with Crippen LogP contribution in [-0.2, 0) is 6.42 Å². The highest BCUT2D eigenvalue weighted by Gasteiger charge is 2.09. The molecular formula is C20H26FN3O. The van der Waals surface area contributed by atoms with Crippen LogP contribution in [0.2, 0.25) is 0 Å². The number of halogens is 1. The zero-order chi connectivity index (χ0) is 18.2. The molecule has 0 aliphatic rings. The molecule has 2 N–H and O–H groups in total. The molecule has 2 aromatic rings. The van der Waals surface area contributed by atoms with Gasteiger partial charge in [0.05, 0.1) is 13.2 Å². The molecular weight excluding hydrogens is 317 g/mol. The third kappa shape index (κ3) is 5.48. The number of ether oxygens (including phenoxy) is 1. The van der Waals surface area contributed by atoms with Crippen LogP contribution in [0.4, 0.5) is 4.39 Å². The molecule has 2 aromatic carbocycles. The van der Waals surface area contributed by atoms with Gasteiger partial charge in [0.15, 0.2) is 5.96 Å². The topological polar surface area (TPSA) is 45.7 Å². The molecule has 0 aromatic heterocycles. The molecule has 0 saturated heterocycles. The Bertz CT molecular complexity index is 731. The third-order valence-corrected chi connectivity index (χ3v) is 4.11. The Labute approximate surface area is 149 Å². The van der Waals surface area contributed by atoms with E-state index in [1.165, 1.54) is 5.56 Å². The summed E-state index contributed by atoms with van der Waals surface area (Å²) in [6.07, 6.45) is 0.853. The van der Waals surface area contributed by atoms with Gasteiger partial charge in [-0.3, -0.25) is 4.99 Å². The number of hydrogen-bond acceptors (Lipinski definition) is 2. The number of methoxy groups -OCH3 is 1. The molecule has 0 saturated carbocycles. The second-order valence-electron chi connectivity index (χ2n) is 5.98. The molecule has 0 heterocycles. The van der Waals surface area contributed by atoms with Crippen molar-refractivity contribution in [2.75, 3.05) is 20.7 Å². The largest absolute Gasteiger partial charge is 0.497 e. The normalized spacial score (nSPS) is 12.6. The number of hydrogen-bond donors (Lipinski definition) is 2. The van der Waals surface area contributed by atoms with Gasteiger partial charge in [-0.25, -0.2) is 4.39 Å². The van der Waals surface area contributed by atoms with Crippen LogP contribution >= 0.6 is 0 Å². The highest BCUT2D eigenvalue weighted by Crippen LogP contribution is 2.16. The number of rotatable bonds is 6. The lowest BCUT2D eigenvalue weighted by molar-refractivity contribution is 0.414. The number of aliphatic imine (C=N–C) groups is 1. The van der Waals surface area contributed by atoms with E-state index in [0.29, 0.717) is 11.5 Å². The molecule has 0 aliphatic heterocycles. The lowest BCUT2D eigenvalue weighted by Gasteiger charge is -2.18. The van der Waals surface area contributed by atoms with Crippen molar-refractivity contribution in [2.24, 2.45) is 4.99 Å². The zero-order valence-electron chi connectivity index (χ0n) is 15.3. The van der Waals surface area contributed by atoms with Gasteiger partial charge in [0.1, 0.15) is 11.6 Å². The Morgan fingerprint density at radius 2 is 2.04 bits per heavy atom. The van der Waals surface area contributed by atoms with Crippen LogP contribution in [0, 0.1) is 12.7 Å². The number of benzene rings is 2. The van der Waals surface area contributed by atoms with E-state index in [1.807, 2.05) is 31.2 Å². The first-order valence-corrected chi connectivity index (χ1v) is 8.39. The lowest BCUT2D eigenvalue weighted by Crippen LogP contribution is -2.39. The highest BCUT2D eigenvalue weighted by molar-refractivity contribution is 5.80. The summed E-state index contributed by atoms with van der Waals surface area (Å²) in [7, 11) is 3.39. The average molecular weight is 343 g/mol. The standard InChI is InChI=1S/C20H26FN3O/c1-14-8-9-17(13-19(14)21)15(2)24-20(22-3)23-11-10-16-6-5-7-18(12-16)25-4/h5-9,12-13,15H,10-11H2,1-4H3,(H2,22,23,24). The van der Waals surface area contributed by atoms with E-state index in [0.717, 1.165) is 24.3 Å². The van der Waals surface area contributed by atoms with Gasteiger partial charge in [0, 0.05) is 13.6 Å². The molecule has 0 radical (unpaired) electrons. The van der Waals surface area contributed by atoms with Gasteiger partial charge in [-0.15, -0.1) is 0 Å². The molecule has 1 unspecified atom stereocenters. The van der Waals surface area contributed by atoms with Crippen molar-refractivity contribution >= 4 is 5.96 Å². The summed E-state index contributed by atoms with van der Waals surface area (Å²) in [5.41, 5.74) is 2.73. The molecule has 134 valence electrons. The second kappa shape index (κ2) is 9.06. The van der Waals surface area contributed by atoms with Gasteiger partial charge in [-0.1, -0.05) is 24.3 Å². The van der Waals surface area contributed by atoms with Crippen LogP contribution in [0.15, 0.2) is 47.5 Å². The molecule has 25 heavy (non-hydrogen) atoms. The Hall–Kier alpha value is -2.56. The fourth-order valence-electron chi connectivity index (χ4n) is 2.51. The number of nitrogens with zero attached hydrogens (tertiary/aromatic N) is 1. The third-order valence-electron chi connectivity index (χ3n) is 4.11. The molecule has 1 atom stereocenters. The maximum absolute atomic E-state index is 13.7. The van der Waals surface area contributed by atoms with E-state index in [9.17, 15) is 4.39 Å². The van der Waals surface area contributed by atoms with Crippen LogP contribution < -0.4 is 15.4 Å². The van der Waals surface area contributed by atoms with Crippen LogP contribution in [0.1, 0.15) is 29.7 Å². The second-order valence-corrected chi connectivity index (χ2v) is 5.98. The van der Waals surface area contributed by atoms with Crippen molar-refractivity contribution < 1.29 is 9.13 Å². The van der Waals surface area contributed by atoms with E-state index in [-0.39, 0.29) is 11.9 Å². The quantitative estimate of drug-likeness (QED) is 0.622. The van der Waals surface area contributed by atoms with Crippen LogP contribution in [-0.4, -0.2) is 26.7 Å². The minimum atomic E-state index is -0.188. The van der Waals surface area contributed by atoms with Gasteiger partial charge in [0.25, 0.3) is 0 Å². The fraction of sp³-hybridized carbons (Fsp3) is 0.350. The molecule has 0 spiro atoms. The number of nitrogens with one attached hydrogen (secondary N) is 2. The van der Waals surface area contributed by atoms with Crippen LogP contribution in [0.3, 0.4) is 0 Å². The molecule has 5 heteroatoms. The summed E-state index contributed by atoms with van der Waals surface area (Å²) in [6, 6.07) is 13.2. The summed E-state index contributed by atoms with van der Waals surface area (Å²) in [4.78, 5) is 4.23. The van der Waals surface area contributed by atoms with Gasteiger partial charge in [0.2, 0.25) is 0 Å². The predicted octanol–water partition coefficient (Wildman–Crippen LogP) is 3.61. The average Bonchev–Trinajstić information content (AvgIpc) is 2.63. The van der Waals surface area contributed by atoms with Gasteiger partial charge >= 0.3 is 0 Å². The lowest BCUT2D eigenvalue weighted by atomic mass is 10.1. The maximum Gasteiger partial charge on any atom is 0.191 e. The van der Waals surface area contributed by atoms with Crippen molar-refractivity contribution in [1.29, 1.82) is 0 Å². The zero-order valence-corrected chi connectivity index (χ0v) is 15.3. The van der Waals surface area contributed by atoms with E-state index in [4.69, 9.17) is 4.74 Å². The van der Waals surface area contributed by atoms with Crippen molar-refractivity contribution in [1.82, 2.24) is 10.6 Å². The van der Waals surface area contributed by atoms with Crippen LogP contribution in [0.5, 0.6) is 5.75 Å². The molecule has 4 nitrogen and oxygen atoms in total. The van der Waals surface area contributed by atoms with Gasteiger partial charge < -0.3 is 15.4 Å². The van der Waals surface area contributed by atoms with E-state index < -0.39 is 0 Å². The van der Waals surface area contributed by atoms with Gasteiger partial charge in [-0.2, -0.15) is 0 Å². The Morgan fingerprint density at radius 3 is 2.72 bits per heavy atom. The summed E-state index contributed by atoms with van der Waals surface area (Å²) in [6.45, 7) is 4.48. The highest BCUT2D eigenvalue weighted by atomic mass is 19.1. The molecule has 0 aliphatic carbocycles. The Balaban J connectivity index is 1.88. The first-order valence-electron chi connectivity index (χ1n) is 8.39. The SMILES string of the molecule is CN=C(NCCc1cccc(OC)c1)NC(C)c1ccc(C)c(F)c1. The summed E-state index contributed by atoms with van der Waals surface area (Å²) in [5, 5.41) is 6.57. The smallest absolute Gasteiger partial charge is 0.191 e. The summed E-state index contributed by atoms with van der Waals surface area (Å²) >= 11 is 0. The minimum absolute atomic E-state index is 0.0434. The van der Waals surface area contributed by atoms with Crippen molar-refractivity contribution in [3.05, 3.63) is 65.0 Å². The van der Waals surface area contributed by atoms with E-state index in [2.05, 4.69) is 21.7 Å². The summed E-state index contributed by atoms with van der Waals surface area (Å²) in [5.74, 6) is 1.36. The van der Waals surface area contributed by atoms with Crippen molar-refractivity contribution in [2.45, 2.75) is 26.3 Å². The Kier molecular flexibility index (Phi) is 6.81. The minimum Gasteiger partial charge on any atom is -0.497 e. The van der Waals surface area contributed by atoms with Gasteiger partial charge in [-0.05, 0) is 55.2 Å². The molecule has 2 rings (SSSR count). The predicted molar refractivity (Wildman–Crippen MR) is 101 cm³/mol. The Morgan fingerprint density at radius 1 is 1.24 bits per heavy atom. The molecule has 0 fully saturated rings. The number of aryl methyl sites for hydroxylation is 1. The van der Waals surface area contributed by atoms with E-state index in [1.54, 1.807) is 33.2 Å². The monoisotopic (exact) mass is 343 g/mol. The fourth-order valence-corrected chi connectivity index (χ4v) is 2.51. The van der Waals surface area contributed by atoms with Crippen molar-refractivity contribution in [3.8, 4) is 5.75 Å². The first kappa shape index (κ1) is 18.8. The maximum atomic E-state index is 13.7. The van der Waals surface area contributed by atoms with E-state index >= 15 is 0 Å². The van der Waals surface area contributed by atoms with Crippen LogP contribution in [0.25, 0.3) is 0 Å². The first-order chi connectivity index (χ1) is 12.0. The summed E-state index contributed by atoms with van der Waals surface area (Å²) < 4.78 is 19.0. The number of guanidine groups is 1. The van der Waals surface area contributed by atoms with Crippen molar-refractivity contribution in [3.63, 3.8) is 0 Å².